The first-order valence-electron chi connectivity index (χ1n) is 10.0. The normalized spacial score (nSPS) is 13.2. The van der Waals surface area contributed by atoms with Crippen molar-refractivity contribution in [1.29, 1.82) is 0 Å². The van der Waals surface area contributed by atoms with Crippen molar-refractivity contribution in [2.24, 2.45) is 0 Å². The SMILES string of the molecule is COCCNC(=O)c1ccc(NCC(=O)Nc2ccc(N3CCCC3)cc2)cc1Cl. The standard InChI is InChI=1S/C22H27ClN4O3/c1-30-13-10-24-22(29)19-9-6-17(14-20(19)23)25-15-21(28)26-16-4-7-18(8-5-16)27-11-2-3-12-27/h4-9,14,25H,2-3,10-13,15H2,1H3,(H,24,29)(H,26,28). The molecule has 30 heavy (non-hydrogen) atoms. The third-order valence-electron chi connectivity index (χ3n) is 4.88. The Morgan fingerprint density at radius 1 is 1.07 bits per heavy atom. The van der Waals surface area contributed by atoms with Crippen LogP contribution in [0.2, 0.25) is 5.02 Å². The minimum atomic E-state index is -0.265. The summed E-state index contributed by atoms with van der Waals surface area (Å²) in [6.07, 6.45) is 2.46. The van der Waals surface area contributed by atoms with Crippen LogP contribution in [-0.2, 0) is 9.53 Å². The van der Waals surface area contributed by atoms with Crippen molar-refractivity contribution in [3.8, 4) is 0 Å². The second-order valence-electron chi connectivity index (χ2n) is 7.09. The Kier molecular flexibility index (Phi) is 7.93. The Labute approximate surface area is 181 Å². The summed E-state index contributed by atoms with van der Waals surface area (Å²) in [4.78, 5) is 26.7. The van der Waals surface area contributed by atoms with E-state index in [1.807, 2.05) is 24.3 Å². The average Bonchev–Trinajstić information content (AvgIpc) is 3.28. The van der Waals surface area contributed by atoms with Crippen LogP contribution < -0.4 is 20.9 Å². The van der Waals surface area contributed by atoms with Crippen LogP contribution in [0.4, 0.5) is 17.1 Å². The van der Waals surface area contributed by atoms with E-state index >= 15 is 0 Å². The number of ether oxygens (including phenoxy) is 1. The van der Waals surface area contributed by atoms with E-state index in [2.05, 4.69) is 20.9 Å². The fourth-order valence-electron chi connectivity index (χ4n) is 3.29. The molecule has 1 aliphatic heterocycles. The Morgan fingerprint density at radius 3 is 2.43 bits per heavy atom. The molecule has 160 valence electrons. The Bertz CT molecular complexity index is 867. The van der Waals surface area contributed by atoms with Crippen molar-refractivity contribution in [3.63, 3.8) is 0 Å². The molecular formula is C22H27ClN4O3. The van der Waals surface area contributed by atoms with Gasteiger partial charge in [0.05, 0.1) is 23.7 Å². The zero-order valence-electron chi connectivity index (χ0n) is 17.0. The zero-order chi connectivity index (χ0) is 21.3. The van der Waals surface area contributed by atoms with Gasteiger partial charge in [0.25, 0.3) is 5.91 Å². The molecule has 3 rings (SSSR count). The lowest BCUT2D eigenvalue weighted by atomic mass is 10.2. The van der Waals surface area contributed by atoms with Crippen molar-refractivity contribution in [2.45, 2.75) is 12.8 Å². The van der Waals surface area contributed by atoms with Gasteiger partial charge in [0.15, 0.2) is 0 Å². The molecule has 0 unspecified atom stereocenters. The van der Waals surface area contributed by atoms with Gasteiger partial charge < -0.3 is 25.6 Å². The van der Waals surface area contributed by atoms with Crippen LogP contribution in [0.1, 0.15) is 23.2 Å². The molecule has 0 radical (unpaired) electrons. The lowest BCUT2D eigenvalue weighted by molar-refractivity contribution is -0.114. The molecule has 0 aromatic heterocycles. The maximum absolute atomic E-state index is 12.2. The predicted molar refractivity (Wildman–Crippen MR) is 121 cm³/mol. The lowest BCUT2D eigenvalue weighted by Crippen LogP contribution is -2.27. The second kappa shape index (κ2) is 10.8. The molecule has 1 fully saturated rings. The fraction of sp³-hybridized carbons (Fsp3) is 0.364. The van der Waals surface area contributed by atoms with E-state index in [-0.39, 0.29) is 18.4 Å². The fourth-order valence-corrected chi connectivity index (χ4v) is 3.56. The summed E-state index contributed by atoms with van der Waals surface area (Å²) in [6.45, 7) is 3.10. The van der Waals surface area contributed by atoms with Crippen molar-refractivity contribution >= 4 is 40.5 Å². The summed E-state index contributed by atoms with van der Waals surface area (Å²) in [6, 6.07) is 12.9. The van der Waals surface area contributed by atoms with Gasteiger partial charge in [-0.1, -0.05) is 11.6 Å². The molecule has 0 atom stereocenters. The quantitative estimate of drug-likeness (QED) is 0.531. The maximum atomic E-state index is 12.2. The van der Waals surface area contributed by atoms with E-state index in [4.69, 9.17) is 16.3 Å². The molecule has 3 N–H and O–H groups in total. The molecule has 0 spiro atoms. The van der Waals surface area contributed by atoms with Gasteiger partial charge in [0.1, 0.15) is 0 Å². The van der Waals surface area contributed by atoms with Crippen molar-refractivity contribution in [3.05, 3.63) is 53.1 Å². The van der Waals surface area contributed by atoms with Crippen LogP contribution in [0.5, 0.6) is 0 Å². The van der Waals surface area contributed by atoms with Gasteiger partial charge in [-0.25, -0.2) is 0 Å². The van der Waals surface area contributed by atoms with Crippen LogP contribution in [0.3, 0.4) is 0 Å². The minimum Gasteiger partial charge on any atom is -0.383 e. The Hall–Kier alpha value is -2.77. The number of rotatable bonds is 9. The molecule has 0 saturated carbocycles. The van der Waals surface area contributed by atoms with E-state index in [1.54, 1.807) is 25.3 Å². The number of carbonyl (C=O) groups excluding carboxylic acids is 2. The molecule has 1 heterocycles. The van der Waals surface area contributed by atoms with Crippen molar-refractivity contribution in [2.75, 3.05) is 55.4 Å². The minimum absolute atomic E-state index is 0.0869. The highest BCUT2D eigenvalue weighted by molar-refractivity contribution is 6.34. The van der Waals surface area contributed by atoms with Crippen molar-refractivity contribution in [1.82, 2.24) is 5.32 Å². The molecule has 7 nitrogen and oxygen atoms in total. The number of anilines is 3. The summed E-state index contributed by atoms with van der Waals surface area (Å²) in [7, 11) is 1.57. The van der Waals surface area contributed by atoms with Crippen LogP contribution in [0.15, 0.2) is 42.5 Å². The van der Waals surface area contributed by atoms with E-state index < -0.39 is 0 Å². The van der Waals surface area contributed by atoms with E-state index in [0.29, 0.717) is 29.4 Å². The largest absolute Gasteiger partial charge is 0.383 e. The van der Waals surface area contributed by atoms with Gasteiger partial charge in [-0.05, 0) is 55.3 Å². The van der Waals surface area contributed by atoms with E-state index in [0.717, 1.165) is 18.8 Å². The van der Waals surface area contributed by atoms with Gasteiger partial charge in [-0.3, -0.25) is 9.59 Å². The molecule has 2 aromatic carbocycles. The smallest absolute Gasteiger partial charge is 0.252 e. The summed E-state index contributed by atoms with van der Waals surface area (Å²) in [5, 5.41) is 8.93. The molecule has 2 amide bonds. The highest BCUT2D eigenvalue weighted by atomic mass is 35.5. The number of amides is 2. The van der Waals surface area contributed by atoms with Crippen LogP contribution in [0, 0.1) is 0 Å². The lowest BCUT2D eigenvalue weighted by Gasteiger charge is -2.17. The molecule has 1 aliphatic rings. The summed E-state index contributed by atoms with van der Waals surface area (Å²) in [5.41, 5.74) is 2.98. The monoisotopic (exact) mass is 430 g/mol. The summed E-state index contributed by atoms with van der Waals surface area (Å²) in [5.74, 6) is -0.430. The second-order valence-corrected chi connectivity index (χ2v) is 7.49. The van der Waals surface area contributed by atoms with E-state index in [9.17, 15) is 9.59 Å². The number of nitrogens with zero attached hydrogens (tertiary/aromatic N) is 1. The number of benzene rings is 2. The third-order valence-corrected chi connectivity index (χ3v) is 5.19. The van der Waals surface area contributed by atoms with Gasteiger partial charge >= 0.3 is 0 Å². The molecule has 0 bridgehead atoms. The first-order chi connectivity index (χ1) is 14.6. The van der Waals surface area contributed by atoms with Crippen LogP contribution in [-0.4, -0.2) is 51.7 Å². The summed E-state index contributed by atoms with van der Waals surface area (Å²) >= 11 is 6.21. The van der Waals surface area contributed by atoms with Gasteiger partial charge in [-0.15, -0.1) is 0 Å². The number of carbonyl (C=O) groups is 2. The van der Waals surface area contributed by atoms with Gasteiger partial charge in [-0.2, -0.15) is 0 Å². The zero-order valence-corrected chi connectivity index (χ0v) is 17.8. The van der Waals surface area contributed by atoms with Crippen LogP contribution >= 0.6 is 11.6 Å². The number of hydrogen-bond donors (Lipinski definition) is 3. The molecule has 8 heteroatoms. The number of methoxy groups -OCH3 is 1. The highest BCUT2D eigenvalue weighted by Gasteiger charge is 2.13. The average molecular weight is 431 g/mol. The van der Waals surface area contributed by atoms with Crippen LogP contribution in [0.25, 0.3) is 0 Å². The maximum Gasteiger partial charge on any atom is 0.252 e. The first-order valence-corrected chi connectivity index (χ1v) is 10.4. The van der Waals surface area contributed by atoms with Gasteiger partial charge in [0.2, 0.25) is 5.91 Å². The number of nitrogens with one attached hydrogen (secondary N) is 3. The first kappa shape index (κ1) is 21.9. The molecular weight excluding hydrogens is 404 g/mol. The number of halogens is 1. The van der Waals surface area contributed by atoms with Crippen molar-refractivity contribution < 1.29 is 14.3 Å². The third kappa shape index (κ3) is 6.11. The van der Waals surface area contributed by atoms with Gasteiger partial charge in [0, 0.05) is 43.8 Å². The topological polar surface area (TPSA) is 82.7 Å². The highest BCUT2D eigenvalue weighted by Crippen LogP contribution is 2.23. The summed E-state index contributed by atoms with van der Waals surface area (Å²) < 4.78 is 4.91. The molecule has 2 aromatic rings. The Morgan fingerprint density at radius 2 is 1.77 bits per heavy atom. The molecule has 0 aliphatic carbocycles. The van der Waals surface area contributed by atoms with E-state index in [1.165, 1.54) is 18.5 Å². The predicted octanol–water partition coefficient (Wildman–Crippen LogP) is 3.37. The molecule has 1 saturated heterocycles. The Balaban J connectivity index is 1.48. The number of hydrogen-bond acceptors (Lipinski definition) is 5.